The fourth-order valence-corrected chi connectivity index (χ4v) is 1.28. The molecule has 0 aliphatic heterocycles. The van der Waals surface area contributed by atoms with Crippen LogP contribution in [0.4, 0.5) is 10.3 Å². The van der Waals surface area contributed by atoms with Crippen molar-refractivity contribution in [2.45, 2.75) is 6.92 Å². The summed E-state index contributed by atoms with van der Waals surface area (Å²) >= 11 is 0. The molecule has 0 radical (unpaired) electrons. The highest BCUT2D eigenvalue weighted by Crippen LogP contribution is 2.28. The van der Waals surface area contributed by atoms with Crippen molar-refractivity contribution in [1.29, 1.82) is 0 Å². The first-order chi connectivity index (χ1) is 7.08. The van der Waals surface area contributed by atoms with Gasteiger partial charge in [-0.05, 0) is 18.6 Å². The van der Waals surface area contributed by atoms with Crippen molar-refractivity contribution < 1.29 is 14.0 Å². The highest BCUT2D eigenvalue weighted by molar-refractivity contribution is 5.64. The Labute approximate surface area is 85.1 Å². The van der Waals surface area contributed by atoms with Gasteiger partial charge in [0.15, 0.2) is 0 Å². The lowest BCUT2D eigenvalue weighted by Crippen LogP contribution is -1.86. The number of anilines is 1. The highest BCUT2D eigenvalue weighted by Gasteiger charge is 2.12. The van der Waals surface area contributed by atoms with Crippen LogP contribution < -0.4 is 5.73 Å². The summed E-state index contributed by atoms with van der Waals surface area (Å²) in [6, 6.07) is 3.95. The number of aromatic nitrogens is 1. The molecule has 0 saturated heterocycles. The van der Waals surface area contributed by atoms with E-state index >= 15 is 0 Å². The summed E-state index contributed by atoms with van der Waals surface area (Å²) in [4.78, 5) is 0. The minimum atomic E-state index is -0.564. The van der Waals surface area contributed by atoms with E-state index in [0.717, 1.165) is 6.07 Å². The molecule has 0 amide bonds. The van der Waals surface area contributed by atoms with Crippen LogP contribution in [0.25, 0.3) is 11.3 Å². The van der Waals surface area contributed by atoms with E-state index < -0.39 is 5.82 Å². The van der Waals surface area contributed by atoms with Gasteiger partial charge in [0.1, 0.15) is 17.3 Å². The molecule has 1 aromatic carbocycles. The third kappa shape index (κ3) is 1.63. The molecule has 4 nitrogen and oxygen atoms in total. The first-order valence-electron chi connectivity index (χ1n) is 4.29. The number of phenols is 1. The molecule has 1 aromatic heterocycles. The highest BCUT2D eigenvalue weighted by atomic mass is 19.1. The van der Waals surface area contributed by atoms with E-state index in [9.17, 15) is 9.50 Å². The number of hydrogen-bond acceptors (Lipinski definition) is 4. The van der Waals surface area contributed by atoms with Crippen molar-refractivity contribution >= 4 is 5.88 Å². The Bertz CT molecular complexity index is 508. The molecule has 0 fully saturated rings. The molecule has 2 rings (SSSR count). The van der Waals surface area contributed by atoms with Gasteiger partial charge < -0.3 is 15.4 Å². The molecule has 0 aliphatic rings. The minimum Gasteiger partial charge on any atom is -0.508 e. The second kappa shape index (κ2) is 3.27. The maximum absolute atomic E-state index is 13.4. The largest absolute Gasteiger partial charge is 0.508 e. The first kappa shape index (κ1) is 9.51. The van der Waals surface area contributed by atoms with Crippen molar-refractivity contribution in [3.63, 3.8) is 0 Å². The summed E-state index contributed by atoms with van der Waals surface area (Å²) < 4.78 is 18.1. The summed E-state index contributed by atoms with van der Waals surface area (Å²) in [5, 5.41) is 12.9. The van der Waals surface area contributed by atoms with Gasteiger partial charge in [0, 0.05) is 17.7 Å². The van der Waals surface area contributed by atoms with Crippen molar-refractivity contribution in [2.24, 2.45) is 0 Å². The first-order valence-corrected chi connectivity index (χ1v) is 4.29. The molecule has 0 aliphatic carbocycles. The van der Waals surface area contributed by atoms with E-state index in [1.807, 2.05) is 0 Å². The third-order valence-electron chi connectivity index (χ3n) is 2.09. The van der Waals surface area contributed by atoms with Gasteiger partial charge in [-0.1, -0.05) is 5.16 Å². The van der Waals surface area contributed by atoms with Crippen LogP contribution in [0.15, 0.2) is 22.7 Å². The molecule has 2 aromatic rings. The quantitative estimate of drug-likeness (QED) is 0.752. The van der Waals surface area contributed by atoms with Crippen LogP contribution in [0.1, 0.15) is 5.56 Å². The number of halogens is 1. The Morgan fingerprint density at radius 3 is 2.73 bits per heavy atom. The van der Waals surface area contributed by atoms with Gasteiger partial charge >= 0.3 is 0 Å². The predicted molar refractivity (Wildman–Crippen MR) is 52.7 cm³/mol. The number of aryl methyl sites for hydroxylation is 1. The molecule has 0 spiro atoms. The van der Waals surface area contributed by atoms with Crippen LogP contribution in [0.3, 0.4) is 0 Å². The average molecular weight is 208 g/mol. The predicted octanol–water partition coefficient (Wildman–Crippen LogP) is 2.08. The molecule has 78 valence electrons. The summed E-state index contributed by atoms with van der Waals surface area (Å²) in [6.07, 6.45) is 0. The zero-order valence-corrected chi connectivity index (χ0v) is 7.99. The van der Waals surface area contributed by atoms with Crippen LogP contribution in [-0.4, -0.2) is 10.3 Å². The number of nitrogen functional groups attached to an aromatic ring is 1. The van der Waals surface area contributed by atoms with Crippen LogP contribution in [-0.2, 0) is 0 Å². The molecule has 3 N–H and O–H groups in total. The van der Waals surface area contributed by atoms with Gasteiger partial charge in [0.25, 0.3) is 0 Å². The topological polar surface area (TPSA) is 72.3 Å². The van der Waals surface area contributed by atoms with Gasteiger partial charge in [-0.15, -0.1) is 0 Å². The summed E-state index contributed by atoms with van der Waals surface area (Å²) in [6.45, 7) is 1.67. The van der Waals surface area contributed by atoms with Gasteiger partial charge in [0.05, 0.1) is 0 Å². The average Bonchev–Trinajstić information content (AvgIpc) is 2.58. The third-order valence-corrected chi connectivity index (χ3v) is 2.09. The van der Waals surface area contributed by atoms with Gasteiger partial charge in [0.2, 0.25) is 5.88 Å². The minimum absolute atomic E-state index is 0.0901. The summed E-state index contributed by atoms with van der Waals surface area (Å²) in [7, 11) is 0. The number of benzene rings is 1. The summed E-state index contributed by atoms with van der Waals surface area (Å²) in [5.74, 6) is -0.533. The number of nitrogens with two attached hydrogens (primary N) is 1. The van der Waals surface area contributed by atoms with E-state index in [0.29, 0.717) is 11.3 Å². The SMILES string of the molecule is Cc1cc(-c2cc(N)on2)c(F)cc1O. The Kier molecular flexibility index (Phi) is 2.07. The molecular formula is C10H9FN2O2. The number of nitrogens with zero attached hydrogens (tertiary/aromatic N) is 1. The second-order valence-electron chi connectivity index (χ2n) is 3.23. The number of aromatic hydroxyl groups is 1. The van der Waals surface area contributed by atoms with E-state index in [4.69, 9.17) is 5.73 Å². The molecule has 0 atom stereocenters. The monoisotopic (exact) mass is 208 g/mol. The van der Waals surface area contributed by atoms with Gasteiger partial charge in [-0.3, -0.25) is 0 Å². The molecule has 0 bridgehead atoms. The Balaban J connectivity index is 2.58. The lowest BCUT2D eigenvalue weighted by Gasteiger charge is -2.02. The van der Waals surface area contributed by atoms with Crippen molar-refractivity contribution in [1.82, 2.24) is 5.16 Å². The Morgan fingerprint density at radius 1 is 1.40 bits per heavy atom. The molecular weight excluding hydrogens is 199 g/mol. The fraction of sp³-hybridized carbons (Fsp3) is 0.100. The van der Waals surface area contributed by atoms with Gasteiger partial charge in [-0.2, -0.15) is 0 Å². The number of hydrogen-bond donors (Lipinski definition) is 2. The maximum atomic E-state index is 13.4. The summed E-state index contributed by atoms with van der Waals surface area (Å²) in [5.41, 5.74) is 6.46. The molecule has 5 heteroatoms. The number of phenolic OH excluding ortho intramolecular Hbond substituents is 1. The maximum Gasteiger partial charge on any atom is 0.222 e. The molecule has 0 saturated carbocycles. The lowest BCUT2D eigenvalue weighted by atomic mass is 10.1. The van der Waals surface area contributed by atoms with Crippen LogP contribution >= 0.6 is 0 Å². The smallest absolute Gasteiger partial charge is 0.222 e. The molecule has 1 heterocycles. The van der Waals surface area contributed by atoms with Crippen LogP contribution in [0.2, 0.25) is 0 Å². The van der Waals surface area contributed by atoms with Crippen molar-refractivity contribution in [3.8, 4) is 17.0 Å². The Hall–Kier alpha value is -2.04. The van der Waals surface area contributed by atoms with Gasteiger partial charge in [-0.25, -0.2) is 4.39 Å². The van der Waals surface area contributed by atoms with Crippen molar-refractivity contribution in [3.05, 3.63) is 29.6 Å². The van der Waals surface area contributed by atoms with E-state index in [2.05, 4.69) is 9.68 Å². The lowest BCUT2D eigenvalue weighted by molar-refractivity contribution is 0.438. The fourth-order valence-electron chi connectivity index (χ4n) is 1.28. The molecule has 15 heavy (non-hydrogen) atoms. The number of rotatable bonds is 1. The Morgan fingerprint density at radius 2 is 2.13 bits per heavy atom. The molecule has 0 unspecified atom stereocenters. The van der Waals surface area contributed by atoms with E-state index in [1.165, 1.54) is 12.1 Å². The standard InChI is InChI=1S/C10H9FN2O2/c1-5-2-6(7(11)3-9(5)14)8-4-10(12)15-13-8/h2-4,14H,12H2,1H3. The zero-order chi connectivity index (χ0) is 11.0. The van der Waals surface area contributed by atoms with E-state index in [1.54, 1.807) is 6.92 Å². The van der Waals surface area contributed by atoms with E-state index in [-0.39, 0.29) is 17.2 Å². The zero-order valence-electron chi connectivity index (χ0n) is 7.99. The van der Waals surface area contributed by atoms with Crippen LogP contribution in [0, 0.1) is 12.7 Å². The second-order valence-corrected chi connectivity index (χ2v) is 3.23. The van der Waals surface area contributed by atoms with Crippen LogP contribution in [0.5, 0.6) is 5.75 Å². The normalized spacial score (nSPS) is 10.5. The van der Waals surface area contributed by atoms with Crippen molar-refractivity contribution in [2.75, 3.05) is 5.73 Å².